The van der Waals surface area contributed by atoms with Gasteiger partial charge in [0, 0.05) is 5.56 Å². The third-order valence-corrected chi connectivity index (χ3v) is 2.84. The molecule has 3 N–H and O–H groups in total. The molecule has 0 bridgehead atoms. The van der Waals surface area contributed by atoms with Crippen LogP contribution in [0.25, 0.3) is 0 Å². The maximum absolute atomic E-state index is 13.9. The summed E-state index contributed by atoms with van der Waals surface area (Å²) in [5.41, 5.74) is 7.07. The van der Waals surface area contributed by atoms with Gasteiger partial charge in [-0.1, -0.05) is 13.8 Å². The molecule has 1 heterocycles. The Bertz CT molecular complexity index is 676. The highest BCUT2D eigenvalue weighted by atomic mass is 19.1. The summed E-state index contributed by atoms with van der Waals surface area (Å²) in [6, 6.07) is 6.08. The third-order valence-electron chi connectivity index (χ3n) is 2.84. The van der Waals surface area contributed by atoms with E-state index in [1.807, 2.05) is 19.9 Å². The van der Waals surface area contributed by atoms with Crippen molar-refractivity contribution in [1.82, 2.24) is 9.97 Å². The Morgan fingerprint density at radius 1 is 1.35 bits per heavy atom. The van der Waals surface area contributed by atoms with Gasteiger partial charge < -0.3 is 11.1 Å². The van der Waals surface area contributed by atoms with E-state index in [9.17, 15) is 4.39 Å². The minimum atomic E-state index is -0.518. The molecule has 0 amide bonds. The second-order valence-corrected chi connectivity index (χ2v) is 4.61. The van der Waals surface area contributed by atoms with Crippen LogP contribution in [0.4, 0.5) is 21.7 Å². The number of hydrogen-bond acceptors (Lipinski definition) is 5. The van der Waals surface area contributed by atoms with Crippen LogP contribution < -0.4 is 11.1 Å². The predicted octanol–water partition coefficient (Wildman–Crippen LogP) is 2.94. The first kappa shape index (κ1) is 13.7. The molecular formula is C14H14FN5. The molecule has 0 saturated carbocycles. The molecule has 0 radical (unpaired) electrons. The van der Waals surface area contributed by atoms with Crippen molar-refractivity contribution < 1.29 is 4.39 Å². The molecule has 20 heavy (non-hydrogen) atoms. The smallest absolute Gasteiger partial charge is 0.147 e. The molecule has 0 atom stereocenters. The van der Waals surface area contributed by atoms with Gasteiger partial charge in [0.05, 0.1) is 17.3 Å². The van der Waals surface area contributed by atoms with E-state index < -0.39 is 5.82 Å². The molecule has 2 aromatic rings. The fourth-order valence-electron chi connectivity index (χ4n) is 1.89. The highest BCUT2D eigenvalue weighted by molar-refractivity contribution is 5.65. The number of anilines is 3. The zero-order chi connectivity index (χ0) is 14.7. The van der Waals surface area contributed by atoms with E-state index in [1.165, 1.54) is 24.5 Å². The van der Waals surface area contributed by atoms with Gasteiger partial charge in [0.25, 0.3) is 0 Å². The Morgan fingerprint density at radius 2 is 2.10 bits per heavy atom. The van der Waals surface area contributed by atoms with Crippen LogP contribution in [0.1, 0.15) is 30.9 Å². The lowest BCUT2D eigenvalue weighted by molar-refractivity contribution is 0.631. The maximum atomic E-state index is 13.9. The van der Waals surface area contributed by atoms with Gasteiger partial charge in [-0.3, -0.25) is 0 Å². The van der Waals surface area contributed by atoms with Gasteiger partial charge in [-0.05, 0) is 24.1 Å². The van der Waals surface area contributed by atoms with Crippen LogP contribution in [-0.4, -0.2) is 9.97 Å². The second-order valence-electron chi connectivity index (χ2n) is 4.61. The molecule has 2 rings (SSSR count). The molecule has 0 aliphatic carbocycles. The summed E-state index contributed by atoms with van der Waals surface area (Å²) in [4.78, 5) is 8.05. The monoisotopic (exact) mass is 271 g/mol. The van der Waals surface area contributed by atoms with E-state index in [2.05, 4.69) is 15.3 Å². The van der Waals surface area contributed by atoms with Crippen LogP contribution in [0.15, 0.2) is 24.5 Å². The highest BCUT2D eigenvalue weighted by Crippen LogP contribution is 2.29. The van der Waals surface area contributed by atoms with E-state index in [-0.39, 0.29) is 17.2 Å². The fourth-order valence-corrected chi connectivity index (χ4v) is 1.89. The molecule has 1 aromatic carbocycles. The largest absolute Gasteiger partial charge is 0.383 e. The summed E-state index contributed by atoms with van der Waals surface area (Å²) in [5, 5.41) is 11.6. The van der Waals surface area contributed by atoms with E-state index >= 15 is 0 Å². The van der Waals surface area contributed by atoms with Crippen LogP contribution in [0.2, 0.25) is 0 Å². The lowest BCUT2D eigenvalue weighted by Crippen LogP contribution is -2.07. The van der Waals surface area contributed by atoms with Crippen LogP contribution >= 0.6 is 0 Å². The Balaban J connectivity index is 2.41. The van der Waals surface area contributed by atoms with E-state index in [0.717, 1.165) is 5.56 Å². The zero-order valence-corrected chi connectivity index (χ0v) is 11.2. The lowest BCUT2D eigenvalue weighted by Gasteiger charge is -2.15. The minimum absolute atomic E-state index is 0.0974. The molecule has 0 aliphatic rings. The number of nitriles is 1. The Kier molecular flexibility index (Phi) is 3.80. The number of benzene rings is 1. The number of rotatable bonds is 3. The number of nitrogens with two attached hydrogens (primary N) is 1. The SMILES string of the molecule is CC(C)c1c(N)ncnc1Nc1ccc(C#N)cc1F. The molecule has 102 valence electrons. The normalized spacial score (nSPS) is 10.3. The summed E-state index contributed by atoms with van der Waals surface area (Å²) >= 11 is 0. The average Bonchev–Trinajstić information content (AvgIpc) is 2.40. The quantitative estimate of drug-likeness (QED) is 0.896. The summed E-state index contributed by atoms with van der Waals surface area (Å²) in [6.07, 6.45) is 1.32. The first-order valence-corrected chi connectivity index (χ1v) is 6.10. The van der Waals surface area contributed by atoms with E-state index in [4.69, 9.17) is 11.0 Å². The molecule has 0 aliphatic heterocycles. The Morgan fingerprint density at radius 3 is 2.70 bits per heavy atom. The van der Waals surface area contributed by atoms with E-state index in [1.54, 1.807) is 0 Å². The minimum Gasteiger partial charge on any atom is -0.383 e. The number of nitrogen functional groups attached to an aromatic ring is 1. The first-order chi connectivity index (χ1) is 9.52. The second kappa shape index (κ2) is 5.53. The van der Waals surface area contributed by atoms with E-state index in [0.29, 0.717) is 11.6 Å². The van der Waals surface area contributed by atoms with Gasteiger partial charge in [0.1, 0.15) is 23.8 Å². The number of aromatic nitrogens is 2. The van der Waals surface area contributed by atoms with Crippen LogP contribution in [0.5, 0.6) is 0 Å². The van der Waals surface area contributed by atoms with Crippen molar-refractivity contribution in [2.45, 2.75) is 19.8 Å². The average molecular weight is 271 g/mol. The summed E-state index contributed by atoms with van der Waals surface area (Å²) in [6.45, 7) is 3.91. The van der Waals surface area contributed by atoms with Crippen molar-refractivity contribution in [1.29, 1.82) is 5.26 Å². The van der Waals surface area contributed by atoms with Gasteiger partial charge in [-0.25, -0.2) is 14.4 Å². The highest BCUT2D eigenvalue weighted by Gasteiger charge is 2.14. The molecule has 1 aromatic heterocycles. The number of halogens is 1. The molecule has 0 spiro atoms. The molecule has 6 heteroatoms. The molecule has 5 nitrogen and oxygen atoms in total. The zero-order valence-electron chi connectivity index (χ0n) is 11.2. The fraction of sp³-hybridized carbons (Fsp3) is 0.214. The van der Waals surface area contributed by atoms with Crippen LogP contribution in [-0.2, 0) is 0 Å². The Hall–Kier alpha value is -2.68. The molecule has 0 saturated heterocycles. The van der Waals surface area contributed by atoms with Crippen molar-refractivity contribution in [3.63, 3.8) is 0 Å². The van der Waals surface area contributed by atoms with Crippen molar-refractivity contribution in [3.8, 4) is 6.07 Å². The van der Waals surface area contributed by atoms with Gasteiger partial charge in [-0.15, -0.1) is 0 Å². The topological polar surface area (TPSA) is 87.6 Å². The first-order valence-electron chi connectivity index (χ1n) is 6.10. The standard InChI is InChI=1S/C14H14FN5/c1-8(2)12-13(17)18-7-19-14(12)20-11-4-3-9(6-16)5-10(11)15/h3-5,7-8H,1-2H3,(H3,17,18,19,20). The lowest BCUT2D eigenvalue weighted by atomic mass is 10.0. The summed E-state index contributed by atoms with van der Waals surface area (Å²) < 4.78 is 13.9. The van der Waals surface area contributed by atoms with Crippen molar-refractivity contribution in [2.75, 3.05) is 11.1 Å². The molecular weight excluding hydrogens is 257 g/mol. The van der Waals surface area contributed by atoms with Gasteiger partial charge in [0.15, 0.2) is 0 Å². The molecule has 0 fully saturated rings. The third kappa shape index (κ3) is 2.67. The maximum Gasteiger partial charge on any atom is 0.147 e. The number of hydrogen-bond donors (Lipinski definition) is 2. The van der Waals surface area contributed by atoms with Crippen LogP contribution in [0.3, 0.4) is 0 Å². The van der Waals surface area contributed by atoms with Gasteiger partial charge in [-0.2, -0.15) is 5.26 Å². The molecule has 0 unspecified atom stereocenters. The summed E-state index contributed by atoms with van der Waals surface area (Å²) in [7, 11) is 0. The van der Waals surface area contributed by atoms with Crippen molar-refractivity contribution in [3.05, 3.63) is 41.5 Å². The van der Waals surface area contributed by atoms with Gasteiger partial charge >= 0.3 is 0 Å². The number of nitrogens with zero attached hydrogens (tertiary/aromatic N) is 3. The number of nitrogens with one attached hydrogen (secondary N) is 1. The summed E-state index contributed by atoms with van der Waals surface area (Å²) in [5.74, 6) is 0.416. The van der Waals surface area contributed by atoms with Crippen molar-refractivity contribution in [2.24, 2.45) is 0 Å². The van der Waals surface area contributed by atoms with Gasteiger partial charge in [0.2, 0.25) is 0 Å². The van der Waals surface area contributed by atoms with Crippen LogP contribution in [0, 0.1) is 17.1 Å². The van der Waals surface area contributed by atoms with Crippen molar-refractivity contribution >= 4 is 17.3 Å². The predicted molar refractivity (Wildman–Crippen MR) is 74.9 cm³/mol. The Labute approximate surface area is 116 Å².